The number of hydrogen-bond acceptors (Lipinski definition) is 2. The van der Waals surface area contributed by atoms with Crippen molar-refractivity contribution in [3.8, 4) is 5.75 Å². The Labute approximate surface area is 126 Å². The number of phenolic OH excluding ortho intramolecular Hbond substituents is 1. The maximum Gasteiger partial charge on any atom is 0.123 e. The fourth-order valence-corrected chi connectivity index (χ4v) is 2.63. The Morgan fingerprint density at radius 1 is 1.10 bits per heavy atom. The molecular weight excluding hydrogens is 321 g/mol. The number of hydrogen-bond donors (Lipinski definition) is 2. The summed E-state index contributed by atoms with van der Waals surface area (Å²) in [7, 11) is 0. The van der Waals surface area contributed by atoms with Crippen LogP contribution in [0.4, 0.5) is 4.39 Å². The Kier molecular flexibility index (Phi) is 4.78. The first-order chi connectivity index (χ1) is 9.47. The zero-order chi connectivity index (χ0) is 14.7. The van der Waals surface area contributed by atoms with E-state index < -0.39 is 0 Å². The van der Waals surface area contributed by atoms with Gasteiger partial charge in [-0.1, -0.05) is 28.1 Å². The van der Waals surface area contributed by atoms with E-state index in [0.29, 0.717) is 5.56 Å². The summed E-state index contributed by atoms with van der Waals surface area (Å²) in [5.41, 5.74) is 1.69. The number of phenols is 1. The van der Waals surface area contributed by atoms with Gasteiger partial charge in [0.25, 0.3) is 0 Å². The summed E-state index contributed by atoms with van der Waals surface area (Å²) in [6.45, 7) is 3.94. The zero-order valence-electron chi connectivity index (χ0n) is 11.4. The van der Waals surface area contributed by atoms with Crippen LogP contribution in [0.2, 0.25) is 0 Å². The summed E-state index contributed by atoms with van der Waals surface area (Å²) in [4.78, 5) is 0. The van der Waals surface area contributed by atoms with Gasteiger partial charge in [0.05, 0.1) is 0 Å². The van der Waals surface area contributed by atoms with E-state index in [-0.39, 0.29) is 23.7 Å². The molecule has 0 radical (unpaired) electrons. The SMILES string of the molecule is CC(NC(C)c1cc(F)ccc1O)c1cccc(Br)c1. The molecule has 2 unspecified atom stereocenters. The average Bonchev–Trinajstić information content (AvgIpc) is 2.41. The van der Waals surface area contributed by atoms with Crippen LogP contribution in [0.1, 0.15) is 37.1 Å². The summed E-state index contributed by atoms with van der Waals surface area (Å²) in [5.74, 6) is -0.241. The predicted octanol–water partition coefficient (Wildman–Crippen LogP) is 4.71. The van der Waals surface area contributed by atoms with Crippen molar-refractivity contribution in [2.24, 2.45) is 0 Å². The van der Waals surface area contributed by atoms with E-state index >= 15 is 0 Å². The second kappa shape index (κ2) is 6.37. The molecule has 2 atom stereocenters. The van der Waals surface area contributed by atoms with Crippen molar-refractivity contribution in [2.75, 3.05) is 0 Å². The van der Waals surface area contributed by atoms with Gasteiger partial charge in [0, 0.05) is 22.1 Å². The molecule has 0 amide bonds. The van der Waals surface area contributed by atoms with Gasteiger partial charge in [-0.15, -0.1) is 0 Å². The molecule has 0 aliphatic heterocycles. The molecule has 0 heterocycles. The van der Waals surface area contributed by atoms with E-state index in [1.54, 1.807) is 0 Å². The van der Waals surface area contributed by atoms with Crippen molar-refractivity contribution >= 4 is 15.9 Å². The highest BCUT2D eigenvalue weighted by Gasteiger charge is 2.15. The number of halogens is 2. The van der Waals surface area contributed by atoms with Crippen molar-refractivity contribution in [3.63, 3.8) is 0 Å². The Morgan fingerprint density at radius 3 is 2.55 bits per heavy atom. The topological polar surface area (TPSA) is 32.3 Å². The lowest BCUT2D eigenvalue weighted by Gasteiger charge is -2.21. The number of nitrogens with one attached hydrogen (secondary N) is 1. The van der Waals surface area contributed by atoms with Gasteiger partial charge in [-0.3, -0.25) is 0 Å². The maximum atomic E-state index is 13.3. The summed E-state index contributed by atoms with van der Waals surface area (Å²) in [6, 6.07) is 11.9. The van der Waals surface area contributed by atoms with E-state index in [2.05, 4.69) is 21.2 Å². The first-order valence-electron chi connectivity index (χ1n) is 6.47. The van der Waals surface area contributed by atoms with Crippen molar-refractivity contribution in [1.29, 1.82) is 0 Å². The molecule has 4 heteroatoms. The fraction of sp³-hybridized carbons (Fsp3) is 0.250. The second-order valence-corrected chi connectivity index (χ2v) is 5.78. The predicted molar refractivity (Wildman–Crippen MR) is 82.2 cm³/mol. The monoisotopic (exact) mass is 337 g/mol. The highest BCUT2D eigenvalue weighted by atomic mass is 79.9. The first-order valence-corrected chi connectivity index (χ1v) is 7.26. The van der Waals surface area contributed by atoms with Crippen LogP contribution in [0.15, 0.2) is 46.9 Å². The van der Waals surface area contributed by atoms with Gasteiger partial charge in [-0.2, -0.15) is 0 Å². The van der Waals surface area contributed by atoms with Crippen molar-refractivity contribution < 1.29 is 9.50 Å². The lowest BCUT2D eigenvalue weighted by molar-refractivity contribution is 0.435. The van der Waals surface area contributed by atoms with Crippen LogP contribution in [0.5, 0.6) is 5.75 Å². The lowest BCUT2D eigenvalue weighted by Crippen LogP contribution is -2.22. The zero-order valence-corrected chi connectivity index (χ0v) is 13.0. The molecule has 2 nitrogen and oxygen atoms in total. The van der Waals surface area contributed by atoms with Crippen LogP contribution >= 0.6 is 15.9 Å². The molecule has 20 heavy (non-hydrogen) atoms. The Morgan fingerprint density at radius 2 is 1.85 bits per heavy atom. The summed E-state index contributed by atoms with van der Waals surface area (Å²) < 4.78 is 14.3. The Bertz CT molecular complexity index is 603. The quantitative estimate of drug-likeness (QED) is 0.847. The van der Waals surface area contributed by atoms with Crippen molar-refractivity contribution in [1.82, 2.24) is 5.32 Å². The average molecular weight is 338 g/mol. The standard InChI is InChI=1S/C16H17BrFNO/c1-10(12-4-3-5-13(17)8-12)19-11(2)15-9-14(18)6-7-16(15)20/h3-11,19-20H,1-2H3. The molecule has 106 valence electrons. The third-order valence-electron chi connectivity index (χ3n) is 3.30. The molecule has 0 saturated heterocycles. The van der Waals surface area contributed by atoms with Gasteiger partial charge < -0.3 is 10.4 Å². The summed E-state index contributed by atoms with van der Waals surface area (Å²) >= 11 is 3.45. The molecule has 2 rings (SSSR count). The largest absolute Gasteiger partial charge is 0.508 e. The molecule has 0 bridgehead atoms. The molecule has 0 aliphatic rings. The summed E-state index contributed by atoms with van der Waals surface area (Å²) in [6.07, 6.45) is 0. The molecule has 2 aromatic rings. The van der Waals surface area contributed by atoms with Gasteiger partial charge in [-0.25, -0.2) is 4.39 Å². The fourth-order valence-electron chi connectivity index (χ4n) is 2.21. The molecule has 2 aromatic carbocycles. The third kappa shape index (κ3) is 3.58. The van der Waals surface area contributed by atoms with Crippen LogP contribution in [-0.4, -0.2) is 5.11 Å². The van der Waals surface area contributed by atoms with E-state index in [0.717, 1.165) is 10.0 Å². The third-order valence-corrected chi connectivity index (χ3v) is 3.80. The van der Waals surface area contributed by atoms with Crippen molar-refractivity contribution in [3.05, 3.63) is 63.9 Å². The van der Waals surface area contributed by atoms with Gasteiger partial charge in [-0.05, 0) is 49.7 Å². The minimum Gasteiger partial charge on any atom is -0.508 e. The number of benzene rings is 2. The molecular formula is C16H17BrFNO. The minimum absolute atomic E-state index is 0.0881. The Balaban J connectivity index is 2.15. The highest BCUT2D eigenvalue weighted by Crippen LogP contribution is 2.27. The minimum atomic E-state index is -0.346. The first kappa shape index (κ1) is 15.0. The molecule has 2 N–H and O–H groups in total. The second-order valence-electron chi connectivity index (χ2n) is 4.87. The van der Waals surface area contributed by atoms with Crippen LogP contribution in [-0.2, 0) is 0 Å². The van der Waals surface area contributed by atoms with Crippen molar-refractivity contribution in [2.45, 2.75) is 25.9 Å². The van der Waals surface area contributed by atoms with Gasteiger partial charge >= 0.3 is 0 Å². The highest BCUT2D eigenvalue weighted by molar-refractivity contribution is 9.10. The summed E-state index contributed by atoms with van der Waals surface area (Å²) in [5, 5.41) is 13.2. The van der Waals surface area contributed by atoms with E-state index in [1.807, 2.05) is 38.1 Å². The smallest absolute Gasteiger partial charge is 0.123 e. The normalized spacial score (nSPS) is 14.0. The van der Waals surface area contributed by atoms with Crippen LogP contribution in [0.3, 0.4) is 0 Å². The van der Waals surface area contributed by atoms with E-state index in [9.17, 15) is 9.50 Å². The molecule has 0 saturated carbocycles. The lowest BCUT2D eigenvalue weighted by atomic mass is 10.0. The van der Waals surface area contributed by atoms with Crippen LogP contribution in [0, 0.1) is 5.82 Å². The molecule has 0 aliphatic carbocycles. The van der Waals surface area contributed by atoms with E-state index in [1.165, 1.54) is 18.2 Å². The molecule has 0 fully saturated rings. The van der Waals surface area contributed by atoms with Gasteiger partial charge in [0.1, 0.15) is 11.6 Å². The van der Waals surface area contributed by atoms with Crippen LogP contribution < -0.4 is 5.32 Å². The van der Waals surface area contributed by atoms with E-state index in [4.69, 9.17) is 0 Å². The van der Waals surface area contributed by atoms with Gasteiger partial charge in [0.15, 0.2) is 0 Å². The molecule has 0 aromatic heterocycles. The molecule has 0 spiro atoms. The Hall–Kier alpha value is -1.39. The van der Waals surface area contributed by atoms with Gasteiger partial charge in [0.2, 0.25) is 0 Å². The maximum absolute atomic E-state index is 13.3. The number of aromatic hydroxyl groups is 1. The number of rotatable bonds is 4. The van der Waals surface area contributed by atoms with Crippen LogP contribution in [0.25, 0.3) is 0 Å².